The van der Waals surface area contributed by atoms with Crippen molar-refractivity contribution in [3.63, 3.8) is 0 Å². The molecule has 0 spiro atoms. The normalized spacial score (nSPS) is 12.3. The van der Waals surface area contributed by atoms with E-state index in [0.29, 0.717) is 12.0 Å². The van der Waals surface area contributed by atoms with Crippen LogP contribution < -0.4 is 0 Å². The van der Waals surface area contributed by atoms with Gasteiger partial charge in [0.05, 0.1) is 6.04 Å². The van der Waals surface area contributed by atoms with Gasteiger partial charge in [-0.15, -0.1) is 0 Å². The first-order valence-corrected chi connectivity index (χ1v) is 7.48. The van der Waals surface area contributed by atoms with Crippen molar-refractivity contribution < 1.29 is 14.3 Å². The van der Waals surface area contributed by atoms with Crippen molar-refractivity contribution in [1.29, 1.82) is 0 Å². The maximum absolute atomic E-state index is 13.1. The summed E-state index contributed by atoms with van der Waals surface area (Å²) in [7, 11) is 1.70. The summed E-state index contributed by atoms with van der Waals surface area (Å²) in [5, 5.41) is 9.27. The van der Waals surface area contributed by atoms with Crippen LogP contribution in [-0.2, 0) is 4.79 Å². The predicted molar refractivity (Wildman–Crippen MR) is 89.1 cm³/mol. The molecule has 0 aromatic heterocycles. The maximum Gasteiger partial charge on any atom is 0.246 e. The molecule has 1 amide bonds. The van der Waals surface area contributed by atoms with Gasteiger partial charge in [-0.1, -0.05) is 42.5 Å². The van der Waals surface area contributed by atoms with Crippen LogP contribution in [0.1, 0.15) is 23.6 Å². The van der Waals surface area contributed by atoms with Gasteiger partial charge in [-0.2, -0.15) is 0 Å². The predicted octanol–water partition coefficient (Wildman–Crippen LogP) is 3.42. The summed E-state index contributed by atoms with van der Waals surface area (Å²) in [4.78, 5) is 13.9. The Morgan fingerprint density at radius 1 is 1.22 bits per heavy atom. The number of likely N-dealkylation sites (N-methyl/N-ethyl adjacent to an activating group) is 1. The molecule has 2 aromatic rings. The largest absolute Gasteiger partial charge is 0.396 e. The second-order valence-electron chi connectivity index (χ2n) is 5.28. The molecular formula is C19H20FNO2. The van der Waals surface area contributed by atoms with Crippen molar-refractivity contribution in [2.45, 2.75) is 12.5 Å². The molecule has 2 aromatic carbocycles. The van der Waals surface area contributed by atoms with Crippen LogP contribution in [0.25, 0.3) is 6.08 Å². The van der Waals surface area contributed by atoms with Crippen molar-refractivity contribution in [1.82, 2.24) is 4.90 Å². The monoisotopic (exact) mass is 313 g/mol. The second-order valence-corrected chi connectivity index (χ2v) is 5.28. The number of benzene rings is 2. The number of nitrogens with zero attached hydrogens (tertiary/aromatic N) is 1. The molecule has 1 atom stereocenters. The number of amides is 1. The van der Waals surface area contributed by atoms with E-state index < -0.39 is 0 Å². The molecule has 0 saturated heterocycles. The molecule has 0 fully saturated rings. The van der Waals surface area contributed by atoms with Crippen molar-refractivity contribution in [2.75, 3.05) is 13.7 Å². The van der Waals surface area contributed by atoms with E-state index >= 15 is 0 Å². The number of aliphatic hydroxyl groups excluding tert-OH is 1. The van der Waals surface area contributed by atoms with E-state index in [1.165, 1.54) is 18.2 Å². The summed E-state index contributed by atoms with van der Waals surface area (Å²) >= 11 is 0. The molecule has 0 heterocycles. The van der Waals surface area contributed by atoms with Crippen LogP contribution in [0.3, 0.4) is 0 Å². The molecule has 4 heteroatoms. The molecular weight excluding hydrogens is 293 g/mol. The van der Waals surface area contributed by atoms with Gasteiger partial charge in [-0.25, -0.2) is 4.39 Å². The molecule has 0 aliphatic carbocycles. The van der Waals surface area contributed by atoms with Gasteiger partial charge >= 0.3 is 0 Å². The number of rotatable bonds is 6. The van der Waals surface area contributed by atoms with Crippen LogP contribution in [0.2, 0.25) is 0 Å². The van der Waals surface area contributed by atoms with Crippen molar-refractivity contribution in [2.24, 2.45) is 0 Å². The van der Waals surface area contributed by atoms with E-state index in [-0.39, 0.29) is 24.4 Å². The van der Waals surface area contributed by atoms with Crippen LogP contribution in [0.15, 0.2) is 60.7 Å². The van der Waals surface area contributed by atoms with E-state index in [1.807, 2.05) is 30.3 Å². The Balaban J connectivity index is 2.13. The number of halogens is 1. The Bertz CT molecular complexity index is 670. The van der Waals surface area contributed by atoms with Crippen LogP contribution in [0, 0.1) is 5.82 Å². The number of hydrogen-bond acceptors (Lipinski definition) is 2. The lowest BCUT2D eigenvalue weighted by molar-refractivity contribution is -0.127. The minimum atomic E-state index is -0.338. The summed E-state index contributed by atoms with van der Waals surface area (Å²) in [6, 6.07) is 15.4. The summed E-state index contributed by atoms with van der Waals surface area (Å²) in [6.45, 7) is -0.00914. The topological polar surface area (TPSA) is 40.5 Å². The van der Waals surface area contributed by atoms with Gasteiger partial charge in [-0.3, -0.25) is 4.79 Å². The van der Waals surface area contributed by atoms with Gasteiger partial charge in [0, 0.05) is 19.7 Å². The Morgan fingerprint density at radius 3 is 2.61 bits per heavy atom. The van der Waals surface area contributed by atoms with Gasteiger partial charge < -0.3 is 10.0 Å². The highest BCUT2D eigenvalue weighted by atomic mass is 19.1. The molecule has 1 N–H and O–H groups in total. The van der Waals surface area contributed by atoms with E-state index in [1.54, 1.807) is 30.2 Å². The van der Waals surface area contributed by atoms with Gasteiger partial charge in [-0.05, 0) is 35.8 Å². The molecule has 0 aliphatic rings. The van der Waals surface area contributed by atoms with Gasteiger partial charge in [0.15, 0.2) is 0 Å². The van der Waals surface area contributed by atoms with E-state index in [0.717, 1.165) is 5.56 Å². The Morgan fingerprint density at radius 2 is 1.96 bits per heavy atom. The lowest BCUT2D eigenvalue weighted by atomic mass is 10.0. The highest BCUT2D eigenvalue weighted by molar-refractivity contribution is 5.91. The zero-order valence-electron chi connectivity index (χ0n) is 13.0. The first kappa shape index (κ1) is 16.9. The highest BCUT2D eigenvalue weighted by Gasteiger charge is 2.19. The van der Waals surface area contributed by atoms with E-state index in [9.17, 15) is 14.3 Å². The molecule has 2 rings (SSSR count). The Kier molecular flexibility index (Phi) is 6.06. The molecule has 0 radical (unpaired) electrons. The maximum atomic E-state index is 13.1. The third-order valence-electron chi connectivity index (χ3n) is 3.67. The van der Waals surface area contributed by atoms with Crippen LogP contribution in [-0.4, -0.2) is 29.6 Å². The third-order valence-corrected chi connectivity index (χ3v) is 3.67. The fourth-order valence-electron chi connectivity index (χ4n) is 2.43. The molecule has 0 saturated carbocycles. The second kappa shape index (κ2) is 8.25. The van der Waals surface area contributed by atoms with Crippen molar-refractivity contribution in [3.8, 4) is 0 Å². The standard InChI is InChI=1S/C19H20FNO2/c1-21(18(12-13-22)16-7-3-2-4-8-16)19(23)11-10-15-6-5-9-17(20)14-15/h2-11,14,18,22H,12-13H2,1H3/b11-10+. The molecule has 1 unspecified atom stereocenters. The molecule has 23 heavy (non-hydrogen) atoms. The first-order valence-electron chi connectivity index (χ1n) is 7.48. The Hall–Kier alpha value is -2.46. The fraction of sp³-hybridized carbons (Fsp3) is 0.211. The van der Waals surface area contributed by atoms with E-state index in [4.69, 9.17) is 0 Å². The lowest BCUT2D eigenvalue weighted by Gasteiger charge is -2.27. The average molecular weight is 313 g/mol. The zero-order valence-corrected chi connectivity index (χ0v) is 13.0. The summed E-state index contributed by atoms with van der Waals surface area (Å²) < 4.78 is 13.1. The van der Waals surface area contributed by atoms with Crippen molar-refractivity contribution in [3.05, 3.63) is 77.6 Å². The molecule has 120 valence electrons. The zero-order chi connectivity index (χ0) is 16.7. The number of carbonyl (C=O) groups excluding carboxylic acids is 1. The van der Waals surface area contributed by atoms with Crippen molar-refractivity contribution >= 4 is 12.0 Å². The van der Waals surface area contributed by atoms with Crippen LogP contribution in [0.4, 0.5) is 4.39 Å². The summed E-state index contributed by atoms with van der Waals surface area (Å²) in [6.07, 6.45) is 3.46. The number of hydrogen-bond donors (Lipinski definition) is 1. The molecule has 0 bridgehead atoms. The summed E-state index contributed by atoms with van der Waals surface area (Å²) in [5.74, 6) is -0.535. The SMILES string of the molecule is CN(C(=O)/C=C/c1cccc(F)c1)C(CCO)c1ccccc1. The van der Waals surface area contributed by atoms with Crippen LogP contribution in [0.5, 0.6) is 0 Å². The van der Waals surface area contributed by atoms with Gasteiger partial charge in [0.2, 0.25) is 5.91 Å². The molecule has 0 aliphatic heterocycles. The minimum Gasteiger partial charge on any atom is -0.396 e. The Labute approximate surface area is 135 Å². The van der Waals surface area contributed by atoms with E-state index in [2.05, 4.69) is 0 Å². The number of carbonyl (C=O) groups is 1. The third kappa shape index (κ3) is 4.76. The first-order chi connectivity index (χ1) is 11.1. The quantitative estimate of drug-likeness (QED) is 0.830. The summed E-state index contributed by atoms with van der Waals surface area (Å²) in [5.41, 5.74) is 1.60. The lowest BCUT2D eigenvalue weighted by Crippen LogP contribution is -2.30. The van der Waals surface area contributed by atoms with Gasteiger partial charge in [0.25, 0.3) is 0 Å². The highest BCUT2D eigenvalue weighted by Crippen LogP contribution is 2.23. The smallest absolute Gasteiger partial charge is 0.246 e. The van der Waals surface area contributed by atoms with Crippen LogP contribution >= 0.6 is 0 Å². The van der Waals surface area contributed by atoms with Gasteiger partial charge in [0.1, 0.15) is 5.82 Å². The molecule has 3 nitrogen and oxygen atoms in total. The number of aliphatic hydroxyl groups is 1. The fourth-order valence-corrected chi connectivity index (χ4v) is 2.43. The minimum absolute atomic E-state index is 0.00914. The average Bonchev–Trinajstić information content (AvgIpc) is 2.58.